The molecule has 1 aliphatic carbocycles. The van der Waals surface area contributed by atoms with Crippen LogP contribution in [0.25, 0.3) is 4.96 Å². The van der Waals surface area contributed by atoms with Gasteiger partial charge in [-0.1, -0.05) is 6.42 Å². The van der Waals surface area contributed by atoms with Gasteiger partial charge in [-0.2, -0.15) is 5.10 Å². The monoisotopic (exact) mass is 453 g/mol. The van der Waals surface area contributed by atoms with E-state index in [9.17, 15) is 9.59 Å². The van der Waals surface area contributed by atoms with Crippen LogP contribution >= 0.6 is 11.3 Å². The van der Waals surface area contributed by atoms with Crippen LogP contribution in [0.1, 0.15) is 48.3 Å². The zero-order chi connectivity index (χ0) is 21.9. The first-order valence-electron chi connectivity index (χ1n) is 11.2. The van der Waals surface area contributed by atoms with E-state index in [0.29, 0.717) is 16.7 Å². The van der Waals surface area contributed by atoms with Gasteiger partial charge in [-0.3, -0.25) is 14.0 Å². The maximum absolute atomic E-state index is 12.4. The van der Waals surface area contributed by atoms with Crippen LogP contribution in [0.4, 0.5) is 5.82 Å². The average Bonchev–Trinajstić information content (AvgIpc) is 3.26. The molecule has 2 aliphatic rings. The van der Waals surface area contributed by atoms with E-state index in [1.807, 2.05) is 12.1 Å². The van der Waals surface area contributed by atoms with Crippen molar-refractivity contribution in [2.24, 2.45) is 5.92 Å². The van der Waals surface area contributed by atoms with Gasteiger partial charge in [0.2, 0.25) is 0 Å². The van der Waals surface area contributed by atoms with E-state index in [1.54, 1.807) is 11.6 Å². The molecule has 1 saturated carbocycles. The molecule has 1 aliphatic heterocycles. The largest absolute Gasteiger partial charge is 0.354 e. The van der Waals surface area contributed by atoms with Crippen LogP contribution in [-0.2, 0) is 6.54 Å². The first-order chi connectivity index (χ1) is 15.7. The molecule has 0 radical (unpaired) electrons. The highest BCUT2D eigenvalue weighted by Crippen LogP contribution is 2.26. The topological polar surface area (TPSA) is 105 Å². The molecule has 3 aromatic rings. The van der Waals surface area contributed by atoms with Gasteiger partial charge in [-0.25, -0.2) is 4.98 Å². The fourth-order valence-corrected chi connectivity index (χ4v) is 4.94. The van der Waals surface area contributed by atoms with Crippen LogP contribution in [0.2, 0.25) is 0 Å². The molecular formula is C22H27N7O2S. The molecule has 0 aromatic carbocycles. The van der Waals surface area contributed by atoms with Crippen LogP contribution in [0.15, 0.2) is 34.6 Å². The van der Waals surface area contributed by atoms with Gasteiger partial charge in [0.15, 0.2) is 10.8 Å². The highest BCUT2D eigenvalue weighted by Gasteiger charge is 2.23. The van der Waals surface area contributed by atoms with Gasteiger partial charge >= 0.3 is 0 Å². The Morgan fingerprint density at radius 2 is 2.09 bits per heavy atom. The van der Waals surface area contributed by atoms with Gasteiger partial charge < -0.3 is 15.5 Å². The Labute approximate surface area is 189 Å². The van der Waals surface area contributed by atoms with Crippen LogP contribution in [-0.4, -0.2) is 51.2 Å². The molecule has 10 heteroatoms. The first kappa shape index (κ1) is 21.0. The number of rotatable bonds is 7. The number of piperidine rings is 1. The second-order valence-corrected chi connectivity index (χ2v) is 9.46. The van der Waals surface area contributed by atoms with Crippen molar-refractivity contribution < 1.29 is 4.79 Å². The molecule has 4 heterocycles. The summed E-state index contributed by atoms with van der Waals surface area (Å²) in [5.41, 5.74) is 0.496. The van der Waals surface area contributed by atoms with Gasteiger partial charge in [0.05, 0.1) is 12.2 Å². The normalized spacial score (nSPS) is 19.1. The Bertz CT molecular complexity index is 1140. The maximum atomic E-state index is 12.4. The Kier molecular flexibility index (Phi) is 6.13. The summed E-state index contributed by atoms with van der Waals surface area (Å²) in [4.78, 5) is 31.5. The number of hydrogen-bond acceptors (Lipinski definition) is 8. The van der Waals surface area contributed by atoms with Crippen molar-refractivity contribution >= 4 is 28.0 Å². The van der Waals surface area contributed by atoms with Crippen molar-refractivity contribution in [1.82, 2.24) is 30.2 Å². The lowest BCUT2D eigenvalue weighted by Crippen LogP contribution is -2.47. The summed E-state index contributed by atoms with van der Waals surface area (Å²) in [6.45, 7) is 3.29. The van der Waals surface area contributed by atoms with Crippen LogP contribution in [0.5, 0.6) is 0 Å². The van der Waals surface area contributed by atoms with Crippen molar-refractivity contribution in [3.63, 3.8) is 0 Å². The molecule has 168 valence electrons. The average molecular weight is 454 g/mol. The zero-order valence-electron chi connectivity index (χ0n) is 17.9. The van der Waals surface area contributed by atoms with E-state index >= 15 is 0 Å². The molecule has 2 N–H and O–H groups in total. The van der Waals surface area contributed by atoms with E-state index in [0.717, 1.165) is 37.8 Å². The summed E-state index contributed by atoms with van der Waals surface area (Å²) in [5.74, 6) is 1.33. The number of fused-ring (bicyclic) bond motifs is 1. The van der Waals surface area contributed by atoms with E-state index in [4.69, 9.17) is 0 Å². The minimum absolute atomic E-state index is 0.107. The summed E-state index contributed by atoms with van der Waals surface area (Å²) >= 11 is 1.31. The smallest absolute Gasteiger partial charge is 0.270 e. The second kappa shape index (κ2) is 9.33. The maximum Gasteiger partial charge on any atom is 0.270 e. The highest BCUT2D eigenvalue weighted by atomic mass is 32.1. The van der Waals surface area contributed by atoms with E-state index in [1.165, 1.54) is 47.5 Å². The minimum atomic E-state index is -0.403. The van der Waals surface area contributed by atoms with Gasteiger partial charge in [0, 0.05) is 36.8 Å². The van der Waals surface area contributed by atoms with Crippen molar-refractivity contribution in [2.45, 2.75) is 44.7 Å². The summed E-state index contributed by atoms with van der Waals surface area (Å²) in [7, 11) is 0. The lowest BCUT2D eigenvalue weighted by atomic mass is 9.85. The number of carbonyl (C=O) groups is 1. The van der Waals surface area contributed by atoms with Gasteiger partial charge in [0.1, 0.15) is 5.69 Å². The Hall–Kier alpha value is -2.85. The molecule has 9 nitrogen and oxygen atoms in total. The standard InChI is InChI=1S/C22H27N7O2S/c30-20-11-18(25-22-29(20)9-10-32-22)21(31)24-13-16-6-7-19(27-26-16)28-8-2-5-17(14-28)23-12-15-3-1-4-15/h6-7,9-11,15,17,23H,1-5,8,12-14H2,(H,24,31). The summed E-state index contributed by atoms with van der Waals surface area (Å²) in [6.07, 6.45) is 8.10. The minimum Gasteiger partial charge on any atom is -0.354 e. The number of carbonyl (C=O) groups excluding carboxylic acids is 1. The number of thiazole rings is 1. The number of nitrogens with zero attached hydrogens (tertiary/aromatic N) is 5. The fraction of sp³-hybridized carbons (Fsp3) is 0.500. The number of amides is 1. The molecule has 1 unspecified atom stereocenters. The zero-order valence-corrected chi connectivity index (χ0v) is 18.7. The highest BCUT2D eigenvalue weighted by molar-refractivity contribution is 7.15. The fourth-order valence-electron chi connectivity index (χ4n) is 4.22. The Morgan fingerprint density at radius 3 is 2.88 bits per heavy atom. The van der Waals surface area contributed by atoms with Gasteiger partial charge in [-0.05, 0) is 50.3 Å². The third kappa shape index (κ3) is 4.66. The van der Waals surface area contributed by atoms with Gasteiger partial charge in [0.25, 0.3) is 11.5 Å². The number of aromatic nitrogens is 4. The van der Waals surface area contributed by atoms with E-state index in [2.05, 4.69) is 30.7 Å². The molecule has 0 spiro atoms. The molecule has 1 saturated heterocycles. The summed E-state index contributed by atoms with van der Waals surface area (Å²) in [6, 6.07) is 5.60. The van der Waals surface area contributed by atoms with Crippen molar-refractivity contribution in [3.8, 4) is 0 Å². The molecule has 2 fully saturated rings. The molecule has 0 bridgehead atoms. The third-order valence-corrected chi connectivity index (χ3v) is 7.09. The first-order valence-corrected chi connectivity index (χ1v) is 12.1. The van der Waals surface area contributed by atoms with E-state index < -0.39 is 5.91 Å². The molecular weight excluding hydrogens is 426 g/mol. The van der Waals surface area contributed by atoms with Crippen LogP contribution in [0.3, 0.4) is 0 Å². The molecule has 1 amide bonds. The quantitative estimate of drug-likeness (QED) is 0.562. The number of anilines is 1. The predicted molar refractivity (Wildman–Crippen MR) is 123 cm³/mol. The predicted octanol–water partition coefficient (Wildman–Crippen LogP) is 1.83. The lowest BCUT2D eigenvalue weighted by molar-refractivity contribution is 0.0945. The number of hydrogen-bond donors (Lipinski definition) is 2. The third-order valence-electron chi connectivity index (χ3n) is 6.34. The molecule has 5 rings (SSSR count). The second-order valence-electron chi connectivity index (χ2n) is 8.59. The Morgan fingerprint density at radius 1 is 1.19 bits per heavy atom. The Balaban J connectivity index is 1.15. The van der Waals surface area contributed by atoms with Crippen molar-refractivity contribution in [1.29, 1.82) is 0 Å². The van der Waals surface area contributed by atoms with Crippen molar-refractivity contribution in [2.75, 3.05) is 24.5 Å². The SMILES string of the molecule is O=C(NCc1ccc(N2CCCC(NCC3CCC3)C2)nn1)c1cc(=O)n2ccsc2n1. The molecule has 32 heavy (non-hydrogen) atoms. The van der Waals surface area contributed by atoms with Crippen LogP contribution in [0, 0.1) is 5.92 Å². The lowest BCUT2D eigenvalue weighted by Gasteiger charge is -2.35. The summed E-state index contributed by atoms with van der Waals surface area (Å²) < 4.78 is 1.42. The van der Waals surface area contributed by atoms with Crippen molar-refractivity contribution in [3.05, 3.63) is 51.5 Å². The molecule has 3 aromatic heterocycles. The van der Waals surface area contributed by atoms with E-state index in [-0.39, 0.29) is 17.8 Å². The number of nitrogens with one attached hydrogen (secondary N) is 2. The molecule has 1 atom stereocenters. The summed E-state index contributed by atoms with van der Waals surface area (Å²) in [5, 5.41) is 16.9. The van der Waals surface area contributed by atoms with Gasteiger partial charge in [-0.15, -0.1) is 16.4 Å². The van der Waals surface area contributed by atoms with Crippen LogP contribution < -0.4 is 21.1 Å².